The molecule has 2 heteroatoms. The van der Waals surface area contributed by atoms with Crippen LogP contribution in [0.5, 0.6) is 0 Å². The molecular formula is C14H25NO. The third-order valence-corrected chi connectivity index (χ3v) is 4.49. The molecule has 0 aromatic rings. The van der Waals surface area contributed by atoms with Crippen molar-refractivity contribution in [1.82, 2.24) is 4.90 Å². The molecule has 0 bridgehead atoms. The van der Waals surface area contributed by atoms with Crippen molar-refractivity contribution in [3.05, 3.63) is 0 Å². The summed E-state index contributed by atoms with van der Waals surface area (Å²) in [4.78, 5) is 13.6. The van der Waals surface area contributed by atoms with Crippen molar-refractivity contribution in [2.75, 3.05) is 0 Å². The Morgan fingerprint density at radius 2 is 1.56 bits per heavy atom. The molecule has 2 atom stereocenters. The lowest BCUT2D eigenvalue weighted by atomic mass is 9.84. The molecule has 2 aliphatic rings. The van der Waals surface area contributed by atoms with Crippen LogP contribution in [0.3, 0.4) is 0 Å². The molecule has 92 valence electrons. The average molecular weight is 223 g/mol. The monoisotopic (exact) mass is 223 g/mol. The van der Waals surface area contributed by atoms with E-state index in [4.69, 9.17) is 0 Å². The molecule has 1 aliphatic heterocycles. The Morgan fingerprint density at radius 3 is 2.06 bits per heavy atom. The third kappa shape index (κ3) is 2.48. The zero-order chi connectivity index (χ0) is 11.5. The van der Waals surface area contributed by atoms with E-state index in [0.29, 0.717) is 18.0 Å². The zero-order valence-corrected chi connectivity index (χ0v) is 10.7. The van der Waals surface area contributed by atoms with Crippen LogP contribution in [0.1, 0.15) is 58.8 Å². The molecule has 16 heavy (non-hydrogen) atoms. The molecule has 0 aromatic carbocycles. The molecule has 1 saturated heterocycles. The fourth-order valence-corrected chi connectivity index (χ4v) is 3.86. The molecule has 2 rings (SSSR count). The molecule has 2 nitrogen and oxygen atoms in total. The first-order chi connectivity index (χ1) is 7.72. The van der Waals surface area contributed by atoms with Crippen LogP contribution in [0.15, 0.2) is 0 Å². The number of hydrogen-bond acceptors (Lipinski definition) is 2. The van der Waals surface area contributed by atoms with Crippen LogP contribution in [-0.4, -0.2) is 29.3 Å². The molecule has 2 fully saturated rings. The average Bonchev–Trinajstić information content (AvgIpc) is 2.29. The van der Waals surface area contributed by atoms with Crippen LogP contribution < -0.4 is 0 Å². The molecule has 1 heterocycles. The van der Waals surface area contributed by atoms with E-state index in [-0.39, 0.29) is 0 Å². The summed E-state index contributed by atoms with van der Waals surface area (Å²) in [5.41, 5.74) is 0. The van der Waals surface area contributed by atoms with Gasteiger partial charge in [-0.2, -0.15) is 0 Å². The van der Waals surface area contributed by atoms with Crippen molar-refractivity contribution < 1.29 is 4.79 Å². The van der Waals surface area contributed by atoms with Gasteiger partial charge in [0, 0.05) is 24.0 Å². The van der Waals surface area contributed by atoms with E-state index in [0.717, 1.165) is 18.9 Å². The molecular weight excluding hydrogens is 198 g/mol. The Hall–Kier alpha value is -0.370. The Bertz CT molecular complexity index is 223. The summed E-state index contributed by atoms with van der Waals surface area (Å²) >= 11 is 0. The van der Waals surface area contributed by atoms with Gasteiger partial charge >= 0.3 is 0 Å². The molecule has 2 unspecified atom stereocenters. The molecule has 0 N–H and O–H groups in total. The number of rotatable bonds is 2. The first-order valence-corrected chi connectivity index (χ1v) is 6.95. The van der Waals surface area contributed by atoms with Crippen LogP contribution >= 0.6 is 0 Å². The Morgan fingerprint density at radius 1 is 1.00 bits per heavy atom. The van der Waals surface area contributed by atoms with Gasteiger partial charge in [-0.3, -0.25) is 4.90 Å². The Balaban J connectivity index is 1.99. The van der Waals surface area contributed by atoms with Gasteiger partial charge in [-0.25, -0.2) is 0 Å². The second-order valence-electron chi connectivity index (χ2n) is 5.80. The van der Waals surface area contributed by atoms with Gasteiger partial charge in [0.1, 0.15) is 6.29 Å². The van der Waals surface area contributed by atoms with Gasteiger partial charge in [0.25, 0.3) is 0 Å². The van der Waals surface area contributed by atoms with Crippen molar-refractivity contribution in [3.8, 4) is 0 Å². The normalized spacial score (nSPS) is 38.5. The predicted molar refractivity (Wildman–Crippen MR) is 66.4 cm³/mol. The van der Waals surface area contributed by atoms with E-state index < -0.39 is 0 Å². The minimum absolute atomic E-state index is 0.310. The van der Waals surface area contributed by atoms with Crippen molar-refractivity contribution in [2.24, 2.45) is 5.92 Å². The highest BCUT2D eigenvalue weighted by molar-refractivity contribution is 5.53. The summed E-state index contributed by atoms with van der Waals surface area (Å²) in [5, 5.41) is 0. The number of likely N-dealkylation sites (tertiary alicyclic amines) is 1. The first-order valence-electron chi connectivity index (χ1n) is 6.95. The van der Waals surface area contributed by atoms with E-state index in [1.165, 1.54) is 38.4 Å². The summed E-state index contributed by atoms with van der Waals surface area (Å²) in [6.45, 7) is 4.61. The topological polar surface area (TPSA) is 20.3 Å². The van der Waals surface area contributed by atoms with Crippen molar-refractivity contribution in [1.29, 1.82) is 0 Å². The maximum atomic E-state index is 10.9. The van der Waals surface area contributed by atoms with Gasteiger partial charge in [0.15, 0.2) is 0 Å². The molecule has 0 aromatic heterocycles. The minimum Gasteiger partial charge on any atom is -0.303 e. The number of aldehydes is 1. The highest BCUT2D eigenvalue weighted by Crippen LogP contribution is 2.33. The number of hydrogen-bond donors (Lipinski definition) is 0. The van der Waals surface area contributed by atoms with E-state index >= 15 is 0 Å². The van der Waals surface area contributed by atoms with E-state index in [2.05, 4.69) is 18.7 Å². The Labute approximate surface area is 99.4 Å². The molecule has 1 saturated carbocycles. The van der Waals surface area contributed by atoms with Crippen molar-refractivity contribution in [3.63, 3.8) is 0 Å². The van der Waals surface area contributed by atoms with Crippen LogP contribution in [0, 0.1) is 5.92 Å². The van der Waals surface area contributed by atoms with Crippen molar-refractivity contribution >= 4 is 6.29 Å². The number of nitrogens with zero attached hydrogens (tertiary/aromatic N) is 1. The zero-order valence-electron chi connectivity index (χ0n) is 10.7. The number of carbonyl (C=O) groups is 1. The summed E-state index contributed by atoms with van der Waals surface area (Å²) in [6.07, 6.45) is 10.3. The van der Waals surface area contributed by atoms with E-state index in [1.54, 1.807) is 0 Å². The van der Waals surface area contributed by atoms with Crippen LogP contribution in [0.4, 0.5) is 0 Å². The predicted octanol–water partition coefficient (Wildman–Crippen LogP) is 3.01. The van der Waals surface area contributed by atoms with Gasteiger partial charge in [-0.05, 0) is 39.5 Å². The lowest BCUT2D eigenvalue weighted by Gasteiger charge is -2.47. The quantitative estimate of drug-likeness (QED) is 0.671. The van der Waals surface area contributed by atoms with Gasteiger partial charge < -0.3 is 4.79 Å². The lowest BCUT2D eigenvalue weighted by Crippen LogP contribution is -2.52. The van der Waals surface area contributed by atoms with Gasteiger partial charge in [0.05, 0.1) is 0 Å². The van der Waals surface area contributed by atoms with E-state index in [9.17, 15) is 4.79 Å². The van der Waals surface area contributed by atoms with Crippen LogP contribution in [0.25, 0.3) is 0 Å². The fraction of sp³-hybridized carbons (Fsp3) is 0.929. The summed E-state index contributed by atoms with van der Waals surface area (Å²) in [7, 11) is 0. The Kier molecular flexibility index (Phi) is 4.01. The van der Waals surface area contributed by atoms with Crippen molar-refractivity contribution in [2.45, 2.75) is 76.9 Å². The maximum absolute atomic E-state index is 10.9. The highest BCUT2D eigenvalue weighted by Gasteiger charge is 2.35. The highest BCUT2D eigenvalue weighted by atomic mass is 16.1. The number of carbonyl (C=O) groups excluding carboxylic acids is 1. The summed E-state index contributed by atoms with van der Waals surface area (Å²) < 4.78 is 0. The molecule has 1 aliphatic carbocycles. The lowest BCUT2D eigenvalue weighted by molar-refractivity contribution is -0.114. The second kappa shape index (κ2) is 5.31. The molecule has 0 amide bonds. The second-order valence-corrected chi connectivity index (χ2v) is 5.80. The minimum atomic E-state index is 0.310. The summed E-state index contributed by atoms with van der Waals surface area (Å²) in [6, 6.07) is 2.00. The van der Waals surface area contributed by atoms with Crippen LogP contribution in [0.2, 0.25) is 0 Å². The fourth-order valence-electron chi connectivity index (χ4n) is 3.86. The smallest absolute Gasteiger partial charge is 0.123 e. The van der Waals surface area contributed by atoms with E-state index in [1.807, 2.05) is 0 Å². The standard InChI is InChI=1S/C14H25NO/c1-11-8-13(10-16)9-12(2)15(11)14-6-4-3-5-7-14/h10-14H,3-9H2,1-2H3. The summed E-state index contributed by atoms with van der Waals surface area (Å²) in [5.74, 6) is 0.310. The van der Waals surface area contributed by atoms with Gasteiger partial charge in [0.2, 0.25) is 0 Å². The third-order valence-electron chi connectivity index (χ3n) is 4.49. The van der Waals surface area contributed by atoms with Gasteiger partial charge in [-0.15, -0.1) is 0 Å². The largest absolute Gasteiger partial charge is 0.303 e. The number of piperidine rings is 1. The molecule has 0 radical (unpaired) electrons. The SMILES string of the molecule is CC1CC(C=O)CC(C)N1C1CCCCC1. The maximum Gasteiger partial charge on any atom is 0.123 e. The van der Waals surface area contributed by atoms with Crippen LogP contribution in [-0.2, 0) is 4.79 Å². The molecule has 0 spiro atoms. The first kappa shape index (κ1) is 12.1. The van der Waals surface area contributed by atoms with Gasteiger partial charge in [-0.1, -0.05) is 19.3 Å².